The zero-order valence-electron chi connectivity index (χ0n) is 13.4. The van der Waals surface area contributed by atoms with Crippen LogP contribution in [0.2, 0.25) is 0 Å². The van der Waals surface area contributed by atoms with E-state index in [0.29, 0.717) is 29.8 Å². The Morgan fingerprint density at radius 1 is 1.38 bits per heavy atom. The lowest BCUT2D eigenvalue weighted by molar-refractivity contribution is 0.444. The first-order chi connectivity index (χ1) is 9.90. The second kappa shape index (κ2) is 6.46. The molecule has 1 aromatic rings. The Kier molecular flexibility index (Phi) is 5.07. The van der Waals surface area contributed by atoms with E-state index < -0.39 is 10.0 Å². The van der Waals surface area contributed by atoms with Gasteiger partial charge in [-0.1, -0.05) is 26.0 Å². The number of hydrogen-bond donors (Lipinski definition) is 1. The highest BCUT2D eigenvalue weighted by Crippen LogP contribution is 2.39. The van der Waals surface area contributed by atoms with E-state index in [1.807, 2.05) is 32.2 Å². The minimum Gasteiger partial charge on any atom is -0.316 e. The summed E-state index contributed by atoms with van der Waals surface area (Å²) in [7, 11) is 0.167. The van der Waals surface area contributed by atoms with Gasteiger partial charge in [-0.2, -0.15) is 0 Å². The summed E-state index contributed by atoms with van der Waals surface area (Å²) in [5.74, 6) is 1.18. The van der Waals surface area contributed by atoms with E-state index in [-0.39, 0.29) is 0 Å². The van der Waals surface area contributed by atoms with Crippen LogP contribution in [0.3, 0.4) is 0 Å². The molecule has 2 unspecified atom stereocenters. The molecule has 0 radical (unpaired) electrons. The topological polar surface area (TPSA) is 49.4 Å². The van der Waals surface area contributed by atoms with Crippen molar-refractivity contribution in [1.29, 1.82) is 0 Å². The fourth-order valence-electron chi connectivity index (χ4n) is 2.69. The lowest BCUT2D eigenvalue weighted by atomic mass is 10.1. The van der Waals surface area contributed by atoms with Crippen LogP contribution in [0.15, 0.2) is 23.1 Å². The molecule has 1 aliphatic rings. The number of rotatable bonds is 7. The lowest BCUT2D eigenvalue weighted by Crippen LogP contribution is -2.30. The van der Waals surface area contributed by atoms with Crippen LogP contribution in [0.5, 0.6) is 0 Å². The van der Waals surface area contributed by atoms with Gasteiger partial charge in [-0.3, -0.25) is 0 Å². The van der Waals surface area contributed by atoms with Gasteiger partial charge in [0.05, 0.1) is 4.90 Å². The third-order valence-corrected chi connectivity index (χ3v) is 6.25. The highest BCUT2D eigenvalue weighted by molar-refractivity contribution is 7.89. The van der Waals surface area contributed by atoms with E-state index in [0.717, 1.165) is 24.0 Å². The van der Waals surface area contributed by atoms with Crippen LogP contribution < -0.4 is 5.32 Å². The molecule has 1 aromatic carbocycles. The van der Waals surface area contributed by atoms with Crippen molar-refractivity contribution in [3.63, 3.8) is 0 Å². The zero-order chi connectivity index (χ0) is 15.6. The number of hydrogen-bond acceptors (Lipinski definition) is 3. The van der Waals surface area contributed by atoms with Crippen molar-refractivity contribution in [3.05, 3.63) is 29.3 Å². The summed E-state index contributed by atoms with van der Waals surface area (Å²) >= 11 is 0. The normalized spacial score (nSPS) is 21.8. The smallest absolute Gasteiger partial charge is 0.243 e. The minimum atomic E-state index is -3.40. The van der Waals surface area contributed by atoms with E-state index in [4.69, 9.17) is 0 Å². The predicted octanol–water partition coefficient (Wildman–Crippen LogP) is 2.24. The van der Waals surface area contributed by atoms with Gasteiger partial charge in [-0.25, -0.2) is 12.7 Å². The van der Waals surface area contributed by atoms with Crippen molar-refractivity contribution in [1.82, 2.24) is 9.62 Å². The SMILES string of the molecule is CCc1ccc(CNC)cc1S(=O)(=O)N(C)CC1CC1C. The fourth-order valence-corrected chi connectivity index (χ4v) is 4.26. The largest absolute Gasteiger partial charge is 0.316 e. The van der Waals surface area contributed by atoms with Crippen LogP contribution >= 0.6 is 0 Å². The monoisotopic (exact) mass is 310 g/mol. The summed E-state index contributed by atoms with van der Waals surface area (Å²) in [5, 5.41) is 3.07. The van der Waals surface area contributed by atoms with Gasteiger partial charge in [0.25, 0.3) is 0 Å². The van der Waals surface area contributed by atoms with Crippen LogP contribution in [0.4, 0.5) is 0 Å². The second-order valence-electron chi connectivity index (χ2n) is 6.08. The fraction of sp³-hybridized carbons (Fsp3) is 0.625. The third kappa shape index (κ3) is 3.65. The number of aryl methyl sites for hydroxylation is 1. The van der Waals surface area contributed by atoms with Crippen LogP contribution in [-0.4, -0.2) is 33.4 Å². The Balaban J connectivity index is 2.30. The predicted molar refractivity (Wildman–Crippen MR) is 85.7 cm³/mol. The molecule has 0 saturated heterocycles. The molecule has 0 aromatic heterocycles. The molecule has 0 amide bonds. The van der Waals surface area contributed by atoms with Gasteiger partial charge in [-0.15, -0.1) is 0 Å². The Morgan fingerprint density at radius 2 is 2.05 bits per heavy atom. The number of nitrogens with one attached hydrogen (secondary N) is 1. The maximum absolute atomic E-state index is 12.8. The van der Waals surface area contributed by atoms with Crippen LogP contribution in [0.25, 0.3) is 0 Å². The average molecular weight is 310 g/mol. The van der Waals surface area contributed by atoms with E-state index in [1.54, 1.807) is 7.05 Å². The van der Waals surface area contributed by atoms with Gasteiger partial charge in [0, 0.05) is 20.1 Å². The van der Waals surface area contributed by atoms with Crippen molar-refractivity contribution < 1.29 is 8.42 Å². The third-order valence-electron chi connectivity index (χ3n) is 4.35. The van der Waals surface area contributed by atoms with Gasteiger partial charge in [0.1, 0.15) is 0 Å². The number of benzene rings is 1. The summed E-state index contributed by atoms with van der Waals surface area (Å²) in [6.45, 7) is 5.48. The number of nitrogens with zero attached hydrogens (tertiary/aromatic N) is 1. The van der Waals surface area contributed by atoms with Gasteiger partial charge < -0.3 is 5.32 Å². The molecule has 0 heterocycles. The summed E-state index contributed by atoms with van der Waals surface area (Å²) in [5.41, 5.74) is 1.90. The first-order valence-corrected chi connectivity index (χ1v) is 9.06. The van der Waals surface area contributed by atoms with Crippen molar-refractivity contribution in [3.8, 4) is 0 Å². The molecule has 1 saturated carbocycles. The molecule has 0 spiro atoms. The highest BCUT2D eigenvalue weighted by Gasteiger charge is 2.36. The van der Waals surface area contributed by atoms with Crippen molar-refractivity contribution in [2.24, 2.45) is 11.8 Å². The van der Waals surface area contributed by atoms with Gasteiger partial charge in [-0.05, 0) is 48.9 Å². The molecule has 1 aliphatic carbocycles. The second-order valence-corrected chi connectivity index (χ2v) is 8.10. The van der Waals surface area contributed by atoms with E-state index >= 15 is 0 Å². The molecule has 118 valence electrons. The molecule has 5 heteroatoms. The zero-order valence-corrected chi connectivity index (χ0v) is 14.2. The minimum absolute atomic E-state index is 0.466. The molecular weight excluding hydrogens is 284 g/mol. The molecule has 21 heavy (non-hydrogen) atoms. The summed E-state index contributed by atoms with van der Waals surface area (Å²) < 4.78 is 27.2. The molecule has 2 rings (SSSR count). The van der Waals surface area contributed by atoms with E-state index in [1.165, 1.54) is 4.31 Å². The maximum atomic E-state index is 12.8. The van der Waals surface area contributed by atoms with Crippen molar-refractivity contribution in [2.75, 3.05) is 20.6 Å². The number of sulfonamides is 1. The highest BCUT2D eigenvalue weighted by atomic mass is 32.2. The molecule has 0 bridgehead atoms. The van der Waals surface area contributed by atoms with Crippen molar-refractivity contribution >= 4 is 10.0 Å². The Morgan fingerprint density at radius 3 is 2.57 bits per heavy atom. The van der Waals surface area contributed by atoms with E-state index in [9.17, 15) is 8.42 Å². The molecule has 1 fully saturated rings. The van der Waals surface area contributed by atoms with E-state index in [2.05, 4.69) is 12.2 Å². The van der Waals surface area contributed by atoms with Gasteiger partial charge in [0.15, 0.2) is 0 Å². The molecule has 4 nitrogen and oxygen atoms in total. The molecule has 0 aliphatic heterocycles. The van der Waals surface area contributed by atoms with Gasteiger partial charge >= 0.3 is 0 Å². The maximum Gasteiger partial charge on any atom is 0.243 e. The van der Waals surface area contributed by atoms with Crippen LogP contribution in [0, 0.1) is 11.8 Å². The Hall–Kier alpha value is -0.910. The Bertz CT molecular complexity index is 598. The molecule has 1 N–H and O–H groups in total. The summed E-state index contributed by atoms with van der Waals surface area (Å²) in [4.78, 5) is 0.466. The average Bonchev–Trinajstić information content (AvgIpc) is 3.14. The van der Waals surface area contributed by atoms with Gasteiger partial charge in [0.2, 0.25) is 10.0 Å². The molecular formula is C16H26N2O2S. The summed E-state index contributed by atoms with van der Waals surface area (Å²) in [6, 6.07) is 5.75. The first-order valence-electron chi connectivity index (χ1n) is 7.62. The molecule has 2 atom stereocenters. The lowest BCUT2D eigenvalue weighted by Gasteiger charge is -2.20. The first kappa shape index (κ1) is 16.5. The Labute approximate surface area is 128 Å². The van der Waals surface area contributed by atoms with Crippen LogP contribution in [-0.2, 0) is 23.0 Å². The van der Waals surface area contributed by atoms with Crippen molar-refractivity contribution in [2.45, 2.75) is 38.1 Å². The quantitative estimate of drug-likeness (QED) is 0.840. The van der Waals surface area contributed by atoms with Crippen LogP contribution in [0.1, 0.15) is 31.4 Å². The standard InChI is InChI=1S/C16H26N2O2S/c1-5-14-7-6-13(10-17-3)9-16(14)21(19,20)18(4)11-15-8-12(15)2/h6-7,9,12,15,17H,5,8,10-11H2,1-4H3. The summed E-state index contributed by atoms with van der Waals surface area (Å²) in [6.07, 6.45) is 1.86.